The molecule has 1 aromatic carbocycles. The van der Waals surface area contributed by atoms with Crippen molar-refractivity contribution >= 4 is 15.9 Å². The molecule has 0 aliphatic heterocycles. The van der Waals surface area contributed by atoms with E-state index in [2.05, 4.69) is 0 Å². The monoisotopic (exact) mass is 256 g/mol. The maximum atomic E-state index is 11.8. The molecule has 0 aliphatic rings. The highest BCUT2D eigenvalue weighted by atomic mass is 32.2. The van der Waals surface area contributed by atoms with Gasteiger partial charge in [0.15, 0.2) is 0 Å². The van der Waals surface area contributed by atoms with Crippen LogP contribution < -0.4 is 10.5 Å². The minimum atomic E-state index is -3.82. The highest BCUT2D eigenvalue weighted by Gasteiger charge is 2.23. The Morgan fingerprint density at radius 2 is 1.76 bits per heavy atom. The number of carbonyl (C=O) groups excluding carboxylic acids is 1. The van der Waals surface area contributed by atoms with Crippen LogP contribution in [0.5, 0.6) is 0 Å². The van der Waals surface area contributed by atoms with Gasteiger partial charge < -0.3 is 5.73 Å². The van der Waals surface area contributed by atoms with Gasteiger partial charge in [0.05, 0.1) is 10.9 Å². The molecule has 1 atom stereocenters. The molecular formula is C11H16N2O3S. The summed E-state index contributed by atoms with van der Waals surface area (Å²) in [5.41, 5.74) is 5.57. The van der Waals surface area contributed by atoms with E-state index < -0.39 is 22.0 Å². The summed E-state index contributed by atoms with van der Waals surface area (Å²) < 4.78 is 25.5. The molecule has 0 aromatic heterocycles. The molecule has 3 N–H and O–H groups in total. The van der Waals surface area contributed by atoms with E-state index in [9.17, 15) is 13.2 Å². The summed E-state index contributed by atoms with van der Waals surface area (Å²) in [6, 6.07) is 6.85. The first-order chi connectivity index (χ1) is 7.84. The molecule has 1 unspecified atom stereocenters. The molecule has 0 spiro atoms. The normalized spacial score (nSPS) is 13.4. The van der Waals surface area contributed by atoms with Crippen LogP contribution in [0.2, 0.25) is 0 Å². The van der Waals surface area contributed by atoms with E-state index in [0.29, 0.717) is 0 Å². The second-order valence-corrected chi connectivity index (χ2v) is 5.74. The first-order valence-corrected chi connectivity index (χ1v) is 6.70. The summed E-state index contributed by atoms with van der Waals surface area (Å²) in [7, 11) is -3.82. The Morgan fingerprint density at radius 1 is 1.24 bits per heavy atom. The predicted molar refractivity (Wildman–Crippen MR) is 64.6 cm³/mol. The van der Waals surface area contributed by atoms with Crippen molar-refractivity contribution in [3.63, 3.8) is 0 Å². The standard InChI is InChI=1S/C11H16N2O3S/c1-8(2)10(12)11(14)13-17(15,16)9-6-4-3-5-7-9/h3-8,10H,12H2,1-2H3,(H,13,14). The first kappa shape index (κ1) is 13.7. The van der Waals surface area contributed by atoms with Gasteiger partial charge >= 0.3 is 0 Å². The van der Waals surface area contributed by atoms with Crippen LogP contribution in [0.1, 0.15) is 13.8 Å². The van der Waals surface area contributed by atoms with Crippen LogP contribution in [0.25, 0.3) is 0 Å². The molecular weight excluding hydrogens is 240 g/mol. The first-order valence-electron chi connectivity index (χ1n) is 5.22. The molecule has 17 heavy (non-hydrogen) atoms. The van der Waals surface area contributed by atoms with Crippen LogP contribution in [0.3, 0.4) is 0 Å². The summed E-state index contributed by atoms with van der Waals surface area (Å²) >= 11 is 0. The van der Waals surface area contributed by atoms with Crippen LogP contribution in [-0.2, 0) is 14.8 Å². The minimum absolute atomic E-state index is 0.0457. The van der Waals surface area contributed by atoms with Crippen molar-refractivity contribution in [2.75, 3.05) is 0 Å². The summed E-state index contributed by atoms with van der Waals surface area (Å²) in [5, 5.41) is 0. The lowest BCUT2D eigenvalue weighted by Gasteiger charge is -2.15. The van der Waals surface area contributed by atoms with Gasteiger partial charge in [0.25, 0.3) is 15.9 Å². The number of nitrogens with two attached hydrogens (primary N) is 1. The molecule has 0 bridgehead atoms. The second kappa shape index (κ2) is 5.29. The highest BCUT2D eigenvalue weighted by Crippen LogP contribution is 2.08. The fourth-order valence-electron chi connectivity index (χ4n) is 1.16. The third-order valence-electron chi connectivity index (χ3n) is 2.31. The molecule has 0 saturated heterocycles. The van der Waals surface area contributed by atoms with Gasteiger partial charge in [0.2, 0.25) is 0 Å². The maximum Gasteiger partial charge on any atom is 0.264 e. The Morgan fingerprint density at radius 3 is 2.24 bits per heavy atom. The molecule has 0 radical (unpaired) electrons. The van der Waals surface area contributed by atoms with E-state index in [1.165, 1.54) is 12.1 Å². The fraction of sp³-hybridized carbons (Fsp3) is 0.364. The zero-order valence-corrected chi connectivity index (χ0v) is 10.6. The molecule has 6 heteroatoms. The lowest BCUT2D eigenvalue weighted by atomic mass is 10.1. The number of benzene rings is 1. The lowest BCUT2D eigenvalue weighted by Crippen LogP contribution is -2.46. The van der Waals surface area contributed by atoms with Gasteiger partial charge in [0, 0.05) is 0 Å². The summed E-state index contributed by atoms with van der Waals surface area (Å²) in [6.07, 6.45) is 0. The van der Waals surface area contributed by atoms with Crippen LogP contribution >= 0.6 is 0 Å². The third-order valence-corrected chi connectivity index (χ3v) is 3.67. The van der Waals surface area contributed by atoms with Gasteiger partial charge in [-0.25, -0.2) is 13.1 Å². The Balaban J connectivity index is 2.85. The zero-order chi connectivity index (χ0) is 13.1. The highest BCUT2D eigenvalue weighted by molar-refractivity contribution is 7.90. The molecule has 0 saturated carbocycles. The van der Waals surface area contributed by atoms with Crippen molar-refractivity contribution < 1.29 is 13.2 Å². The Hall–Kier alpha value is -1.40. The van der Waals surface area contributed by atoms with Gasteiger partial charge in [-0.05, 0) is 18.1 Å². The maximum absolute atomic E-state index is 11.8. The summed E-state index contributed by atoms with van der Waals surface area (Å²) in [4.78, 5) is 11.6. The van der Waals surface area contributed by atoms with Crippen LogP contribution in [-0.4, -0.2) is 20.4 Å². The van der Waals surface area contributed by atoms with Crippen LogP contribution in [0.15, 0.2) is 35.2 Å². The number of hydrogen-bond acceptors (Lipinski definition) is 4. The van der Waals surface area contributed by atoms with Gasteiger partial charge in [-0.15, -0.1) is 0 Å². The van der Waals surface area contributed by atoms with E-state index in [-0.39, 0.29) is 10.8 Å². The van der Waals surface area contributed by atoms with Gasteiger partial charge in [-0.1, -0.05) is 32.0 Å². The fourth-order valence-corrected chi connectivity index (χ4v) is 2.20. The van der Waals surface area contributed by atoms with Gasteiger partial charge in [-0.2, -0.15) is 0 Å². The van der Waals surface area contributed by atoms with Crippen LogP contribution in [0, 0.1) is 5.92 Å². The average molecular weight is 256 g/mol. The largest absolute Gasteiger partial charge is 0.320 e. The molecule has 1 aromatic rings. The molecule has 1 rings (SSSR count). The van der Waals surface area contributed by atoms with Gasteiger partial charge in [-0.3, -0.25) is 4.79 Å². The number of sulfonamides is 1. The lowest BCUT2D eigenvalue weighted by molar-refractivity contribution is -0.121. The molecule has 0 aliphatic carbocycles. The third kappa shape index (κ3) is 3.54. The number of hydrogen-bond donors (Lipinski definition) is 2. The molecule has 0 fully saturated rings. The number of amides is 1. The predicted octanol–water partition coefficient (Wildman–Crippen LogP) is 0.475. The van der Waals surface area contributed by atoms with Crippen molar-refractivity contribution in [1.82, 2.24) is 4.72 Å². The number of nitrogens with one attached hydrogen (secondary N) is 1. The smallest absolute Gasteiger partial charge is 0.264 e. The minimum Gasteiger partial charge on any atom is -0.320 e. The Kier molecular flexibility index (Phi) is 4.25. The zero-order valence-electron chi connectivity index (χ0n) is 9.75. The van der Waals surface area contributed by atoms with Crippen molar-refractivity contribution in [2.45, 2.75) is 24.8 Å². The van der Waals surface area contributed by atoms with E-state index >= 15 is 0 Å². The van der Waals surface area contributed by atoms with Crippen molar-refractivity contribution in [3.05, 3.63) is 30.3 Å². The van der Waals surface area contributed by atoms with Crippen molar-refractivity contribution in [3.8, 4) is 0 Å². The van der Waals surface area contributed by atoms with Crippen molar-refractivity contribution in [1.29, 1.82) is 0 Å². The second-order valence-electron chi connectivity index (χ2n) is 4.05. The SMILES string of the molecule is CC(C)C(N)C(=O)NS(=O)(=O)c1ccccc1. The molecule has 0 heterocycles. The van der Waals surface area contributed by atoms with Crippen molar-refractivity contribution in [2.24, 2.45) is 11.7 Å². The van der Waals surface area contributed by atoms with Crippen LogP contribution in [0.4, 0.5) is 0 Å². The quantitative estimate of drug-likeness (QED) is 0.819. The van der Waals surface area contributed by atoms with E-state index in [4.69, 9.17) is 5.73 Å². The molecule has 94 valence electrons. The number of carbonyl (C=O) groups is 1. The molecule has 1 amide bonds. The van der Waals surface area contributed by atoms with E-state index in [1.54, 1.807) is 32.0 Å². The topological polar surface area (TPSA) is 89.3 Å². The number of rotatable bonds is 4. The molecule has 5 nitrogen and oxygen atoms in total. The van der Waals surface area contributed by atoms with Gasteiger partial charge in [0.1, 0.15) is 0 Å². The Labute approximate surface area is 101 Å². The van der Waals surface area contributed by atoms with E-state index in [0.717, 1.165) is 0 Å². The Bertz CT molecular complexity index is 483. The average Bonchev–Trinajstić information content (AvgIpc) is 2.28. The summed E-state index contributed by atoms with van der Waals surface area (Å²) in [5.74, 6) is -0.815. The summed E-state index contributed by atoms with van der Waals surface area (Å²) in [6.45, 7) is 3.50. The van der Waals surface area contributed by atoms with E-state index in [1.807, 2.05) is 4.72 Å².